The van der Waals surface area contributed by atoms with E-state index in [4.69, 9.17) is 4.74 Å². The molecule has 1 heterocycles. The average molecular weight is 341 g/mol. The van der Waals surface area contributed by atoms with E-state index in [2.05, 4.69) is 14.8 Å². The molecule has 0 spiro atoms. The molecule has 0 bridgehead atoms. The Hall–Kier alpha value is 0.709. The summed E-state index contributed by atoms with van der Waals surface area (Å²) in [5.41, 5.74) is 0. The molecule has 0 aromatic rings. The van der Waals surface area contributed by atoms with Crippen LogP contribution in [0.1, 0.15) is 12.8 Å². The van der Waals surface area contributed by atoms with Gasteiger partial charge in [0, 0.05) is 0 Å². The Balaban J connectivity index is 2.12. The van der Waals surface area contributed by atoms with Crippen LogP contribution in [-0.2, 0) is 14.6 Å². The van der Waals surface area contributed by atoms with E-state index in [1.165, 1.54) is 4.44 Å². The van der Waals surface area contributed by atoms with Crippen LogP contribution in [0.3, 0.4) is 0 Å². The van der Waals surface area contributed by atoms with Gasteiger partial charge in [-0.2, -0.15) is 0 Å². The maximum absolute atomic E-state index is 11.2. The van der Waals surface area contributed by atoms with Crippen molar-refractivity contribution in [2.45, 2.75) is 38.2 Å². The zero-order valence-corrected chi connectivity index (χ0v) is 13.6. The van der Waals surface area contributed by atoms with E-state index in [1.807, 2.05) is 0 Å². The van der Waals surface area contributed by atoms with Crippen molar-refractivity contribution in [1.82, 2.24) is 0 Å². The van der Waals surface area contributed by atoms with E-state index in [1.54, 1.807) is 0 Å². The normalized spacial score (nSPS) is 25.7. The number of sulfone groups is 1. The molecule has 1 fully saturated rings. The monoisotopic (exact) mass is 342 g/mol. The second kappa shape index (κ2) is 5.36. The molecule has 5 heteroatoms. The SMILES string of the molecule is [CH3][Sn]([CH3])([CH3])[CH2]CCOC1CCS(=O)(=O)C1. The molecule has 0 amide bonds. The van der Waals surface area contributed by atoms with Crippen LogP contribution in [0, 0.1) is 0 Å². The molecule has 1 atom stereocenters. The minimum absolute atomic E-state index is 0.0230. The van der Waals surface area contributed by atoms with Gasteiger partial charge >= 0.3 is 97.7 Å². The zero-order valence-electron chi connectivity index (χ0n) is 9.95. The van der Waals surface area contributed by atoms with Crippen molar-refractivity contribution in [1.29, 1.82) is 0 Å². The maximum atomic E-state index is 11.2. The molecule has 0 aliphatic carbocycles. The third kappa shape index (κ3) is 6.12. The van der Waals surface area contributed by atoms with Crippen molar-refractivity contribution in [3.63, 3.8) is 0 Å². The van der Waals surface area contributed by atoms with Gasteiger partial charge in [0.05, 0.1) is 0 Å². The second-order valence-electron chi connectivity index (χ2n) is 5.56. The summed E-state index contributed by atoms with van der Waals surface area (Å²) < 4.78 is 29.2. The van der Waals surface area contributed by atoms with E-state index < -0.39 is 28.2 Å². The number of rotatable bonds is 5. The van der Waals surface area contributed by atoms with Crippen molar-refractivity contribution in [2.24, 2.45) is 0 Å². The predicted molar refractivity (Wildman–Crippen MR) is 65.8 cm³/mol. The van der Waals surface area contributed by atoms with Gasteiger partial charge in [0.15, 0.2) is 0 Å². The van der Waals surface area contributed by atoms with Crippen LogP contribution in [0.5, 0.6) is 0 Å². The number of ether oxygens (including phenoxy) is 1. The van der Waals surface area contributed by atoms with Crippen molar-refractivity contribution in [3.8, 4) is 0 Å². The summed E-state index contributed by atoms with van der Waals surface area (Å²) in [6, 6.07) is 0. The molecule has 1 rings (SSSR count). The Morgan fingerprint density at radius 3 is 2.47 bits per heavy atom. The van der Waals surface area contributed by atoms with Crippen LogP contribution in [0.15, 0.2) is 0 Å². The fourth-order valence-corrected chi connectivity index (χ4v) is 6.80. The zero-order chi connectivity index (χ0) is 11.5. The first-order chi connectivity index (χ1) is 6.79. The van der Waals surface area contributed by atoms with Crippen molar-refractivity contribution < 1.29 is 13.2 Å². The van der Waals surface area contributed by atoms with Gasteiger partial charge in [0.1, 0.15) is 0 Å². The van der Waals surface area contributed by atoms with Crippen LogP contribution in [0.4, 0.5) is 0 Å². The molecule has 0 aromatic carbocycles. The fourth-order valence-electron chi connectivity index (χ4n) is 1.74. The van der Waals surface area contributed by atoms with E-state index in [-0.39, 0.29) is 11.9 Å². The first-order valence-corrected chi connectivity index (χ1v) is 18.0. The standard InChI is InChI=1S/C7H13O3S.3CH3.Sn/c1-2-4-10-7-3-5-11(8,9)6-7;;;;/h7H,1-6H2;3*1H3;. The van der Waals surface area contributed by atoms with Gasteiger partial charge in [0.25, 0.3) is 0 Å². The third-order valence-corrected chi connectivity index (χ3v) is 9.64. The summed E-state index contributed by atoms with van der Waals surface area (Å²) >= 11 is -1.63. The van der Waals surface area contributed by atoms with Crippen LogP contribution < -0.4 is 0 Å². The summed E-state index contributed by atoms with van der Waals surface area (Å²) in [6.45, 7) is 0.744. The molecule has 1 saturated heterocycles. The van der Waals surface area contributed by atoms with Crippen LogP contribution in [0.25, 0.3) is 0 Å². The molecule has 0 N–H and O–H groups in total. The summed E-state index contributed by atoms with van der Waals surface area (Å²) in [5, 5.41) is 0. The Morgan fingerprint density at radius 1 is 1.33 bits per heavy atom. The summed E-state index contributed by atoms with van der Waals surface area (Å²) in [5.74, 6) is 0.558. The van der Waals surface area contributed by atoms with Crippen LogP contribution in [0.2, 0.25) is 19.3 Å². The predicted octanol–water partition coefficient (Wildman–Crippen LogP) is 1.92. The van der Waals surface area contributed by atoms with Gasteiger partial charge in [-0.05, 0) is 0 Å². The van der Waals surface area contributed by atoms with Crippen molar-refractivity contribution >= 4 is 28.2 Å². The quantitative estimate of drug-likeness (QED) is 0.567. The second-order valence-corrected chi connectivity index (χ2v) is 23.8. The topological polar surface area (TPSA) is 43.4 Å². The first kappa shape index (κ1) is 13.8. The Kier molecular flexibility index (Phi) is 4.92. The molecular weight excluding hydrogens is 319 g/mol. The van der Waals surface area contributed by atoms with Gasteiger partial charge < -0.3 is 0 Å². The van der Waals surface area contributed by atoms with Gasteiger partial charge in [-0.25, -0.2) is 0 Å². The Bertz CT molecular complexity index is 292. The molecule has 1 aliphatic rings. The molecule has 1 aliphatic heterocycles. The molecule has 0 aromatic heterocycles. The summed E-state index contributed by atoms with van der Waals surface area (Å²) in [4.78, 5) is 7.23. The fraction of sp³-hybridized carbons (Fsp3) is 1.00. The van der Waals surface area contributed by atoms with Crippen molar-refractivity contribution in [3.05, 3.63) is 0 Å². The van der Waals surface area contributed by atoms with Gasteiger partial charge in [-0.1, -0.05) is 0 Å². The van der Waals surface area contributed by atoms with Crippen LogP contribution >= 0.6 is 0 Å². The molecular formula is C10H22O3SSn. The first-order valence-electron chi connectivity index (χ1n) is 5.61. The van der Waals surface area contributed by atoms with Crippen LogP contribution in [-0.4, -0.2) is 51.0 Å². The van der Waals surface area contributed by atoms with E-state index in [0.29, 0.717) is 12.2 Å². The Labute approximate surface area is 97.4 Å². The van der Waals surface area contributed by atoms with Gasteiger partial charge in [-0.15, -0.1) is 0 Å². The Morgan fingerprint density at radius 2 is 2.00 bits per heavy atom. The molecule has 0 radical (unpaired) electrons. The molecule has 0 saturated carbocycles. The molecule has 1 unspecified atom stereocenters. The van der Waals surface area contributed by atoms with Gasteiger partial charge in [0.2, 0.25) is 0 Å². The third-order valence-electron chi connectivity index (χ3n) is 2.62. The molecule has 3 nitrogen and oxygen atoms in total. The van der Waals surface area contributed by atoms with E-state index in [0.717, 1.165) is 13.0 Å². The summed E-state index contributed by atoms with van der Waals surface area (Å²) in [6.07, 6.45) is 1.78. The molecule has 90 valence electrons. The number of hydrogen-bond donors (Lipinski definition) is 0. The van der Waals surface area contributed by atoms with E-state index >= 15 is 0 Å². The van der Waals surface area contributed by atoms with Gasteiger partial charge in [-0.3, -0.25) is 0 Å². The average Bonchev–Trinajstić information content (AvgIpc) is 2.38. The summed E-state index contributed by atoms with van der Waals surface area (Å²) in [7, 11) is -2.77. The number of hydrogen-bond acceptors (Lipinski definition) is 3. The minimum atomic E-state index is -2.77. The molecule has 15 heavy (non-hydrogen) atoms. The van der Waals surface area contributed by atoms with E-state index in [9.17, 15) is 8.42 Å². The van der Waals surface area contributed by atoms with Crippen molar-refractivity contribution in [2.75, 3.05) is 18.1 Å².